The van der Waals surface area contributed by atoms with Gasteiger partial charge in [-0.05, 0) is 55.8 Å². The average Bonchev–Trinajstić information content (AvgIpc) is 3.11. The summed E-state index contributed by atoms with van der Waals surface area (Å²) in [5.74, 6) is -2.13. The molecule has 0 unspecified atom stereocenters. The molecule has 0 bridgehead atoms. The molecule has 0 saturated heterocycles. The van der Waals surface area contributed by atoms with Crippen LogP contribution in [0.15, 0.2) is 48.7 Å². The SMILES string of the molecule is CC(C)NC(=O)Nc1ccc(C(=O)Nc2ncc(Cc3ccc(F)c(F)c3)s2)cc1. The molecule has 3 aromatic rings. The summed E-state index contributed by atoms with van der Waals surface area (Å²) in [5.41, 5.74) is 1.58. The van der Waals surface area contributed by atoms with E-state index in [0.29, 0.717) is 28.4 Å². The second-order valence-corrected chi connectivity index (χ2v) is 7.96. The monoisotopic (exact) mass is 430 g/mol. The van der Waals surface area contributed by atoms with Gasteiger partial charge in [-0.2, -0.15) is 0 Å². The molecule has 3 amide bonds. The molecule has 0 fully saturated rings. The Labute approximate surface area is 176 Å². The van der Waals surface area contributed by atoms with Crippen molar-refractivity contribution >= 4 is 34.1 Å². The first-order chi connectivity index (χ1) is 14.3. The predicted molar refractivity (Wildman–Crippen MR) is 113 cm³/mol. The van der Waals surface area contributed by atoms with E-state index in [2.05, 4.69) is 20.9 Å². The highest BCUT2D eigenvalue weighted by atomic mass is 32.1. The van der Waals surface area contributed by atoms with Gasteiger partial charge in [0.05, 0.1) is 0 Å². The summed E-state index contributed by atoms with van der Waals surface area (Å²) in [5, 5.41) is 8.50. The number of urea groups is 1. The van der Waals surface area contributed by atoms with E-state index in [1.165, 1.54) is 17.4 Å². The molecule has 0 aliphatic rings. The van der Waals surface area contributed by atoms with Crippen LogP contribution in [0.1, 0.15) is 34.6 Å². The van der Waals surface area contributed by atoms with E-state index in [4.69, 9.17) is 0 Å². The number of carbonyl (C=O) groups excluding carboxylic acids is 2. The third kappa shape index (κ3) is 5.84. The van der Waals surface area contributed by atoms with Gasteiger partial charge >= 0.3 is 6.03 Å². The number of rotatable bonds is 6. The van der Waals surface area contributed by atoms with E-state index in [0.717, 1.165) is 17.0 Å². The van der Waals surface area contributed by atoms with Gasteiger partial charge in [0.1, 0.15) is 0 Å². The number of benzene rings is 2. The van der Waals surface area contributed by atoms with Crippen LogP contribution in [-0.4, -0.2) is 23.0 Å². The minimum Gasteiger partial charge on any atom is -0.336 e. The normalized spacial score (nSPS) is 10.7. The first-order valence-electron chi connectivity index (χ1n) is 9.17. The van der Waals surface area contributed by atoms with Crippen LogP contribution in [0.3, 0.4) is 0 Å². The molecule has 3 N–H and O–H groups in total. The third-order valence-corrected chi connectivity index (χ3v) is 4.87. The highest BCUT2D eigenvalue weighted by Gasteiger charge is 2.11. The minimum atomic E-state index is -0.898. The topological polar surface area (TPSA) is 83.1 Å². The second kappa shape index (κ2) is 9.45. The van der Waals surface area contributed by atoms with Crippen LogP contribution < -0.4 is 16.0 Å². The number of nitrogens with zero attached hydrogens (tertiary/aromatic N) is 1. The zero-order chi connectivity index (χ0) is 21.7. The van der Waals surface area contributed by atoms with E-state index < -0.39 is 11.6 Å². The van der Waals surface area contributed by atoms with Gasteiger partial charge in [-0.25, -0.2) is 18.6 Å². The molecule has 0 saturated carbocycles. The van der Waals surface area contributed by atoms with Gasteiger partial charge < -0.3 is 10.6 Å². The fraction of sp³-hybridized carbons (Fsp3) is 0.190. The van der Waals surface area contributed by atoms with Gasteiger partial charge in [-0.15, -0.1) is 11.3 Å². The van der Waals surface area contributed by atoms with Gasteiger partial charge in [-0.1, -0.05) is 6.07 Å². The Hall–Kier alpha value is -3.33. The number of carbonyl (C=O) groups is 2. The molecular formula is C21H20F2N4O2S. The van der Waals surface area contributed by atoms with E-state index in [9.17, 15) is 18.4 Å². The zero-order valence-corrected chi connectivity index (χ0v) is 17.1. The quantitative estimate of drug-likeness (QED) is 0.526. The summed E-state index contributed by atoms with van der Waals surface area (Å²) in [6.07, 6.45) is 1.96. The lowest BCUT2D eigenvalue weighted by molar-refractivity contribution is 0.102. The maximum Gasteiger partial charge on any atom is 0.319 e. The van der Waals surface area contributed by atoms with Crippen LogP contribution in [0.2, 0.25) is 0 Å². The Morgan fingerprint density at radius 2 is 1.77 bits per heavy atom. The maximum atomic E-state index is 13.3. The number of thiazole rings is 1. The Morgan fingerprint density at radius 1 is 1.03 bits per heavy atom. The van der Waals surface area contributed by atoms with Crippen molar-refractivity contribution in [1.29, 1.82) is 0 Å². The van der Waals surface area contributed by atoms with Crippen LogP contribution in [0.25, 0.3) is 0 Å². The van der Waals surface area contributed by atoms with Crippen molar-refractivity contribution in [3.63, 3.8) is 0 Å². The third-order valence-electron chi connectivity index (χ3n) is 3.96. The lowest BCUT2D eigenvalue weighted by Crippen LogP contribution is -2.34. The zero-order valence-electron chi connectivity index (χ0n) is 16.3. The van der Waals surface area contributed by atoms with Crippen molar-refractivity contribution in [1.82, 2.24) is 10.3 Å². The molecule has 30 heavy (non-hydrogen) atoms. The summed E-state index contributed by atoms with van der Waals surface area (Å²) in [4.78, 5) is 29.1. The van der Waals surface area contributed by atoms with Crippen molar-refractivity contribution in [2.24, 2.45) is 0 Å². The molecule has 0 aliphatic carbocycles. The van der Waals surface area contributed by atoms with Crippen LogP contribution in [0.5, 0.6) is 0 Å². The first kappa shape index (κ1) is 21.4. The molecule has 9 heteroatoms. The Balaban J connectivity index is 1.58. The molecular weight excluding hydrogens is 410 g/mol. The lowest BCUT2D eigenvalue weighted by atomic mass is 10.1. The van der Waals surface area contributed by atoms with Crippen LogP contribution in [-0.2, 0) is 6.42 Å². The van der Waals surface area contributed by atoms with Gasteiger partial charge in [0.25, 0.3) is 5.91 Å². The molecule has 6 nitrogen and oxygen atoms in total. The lowest BCUT2D eigenvalue weighted by Gasteiger charge is -2.10. The minimum absolute atomic E-state index is 0.0142. The maximum absolute atomic E-state index is 13.3. The first-order valence-corrected chi connectivity index (χ1v) is 9.99. The molecule has 1 aromatic heterocycles. The van der Waals surface area contributed by atoms with E-state index in [-0.39, 0.29) is 18.0 Å². The number of hydrogen-bond acceptors (Lipinski definition) is 4. The van der Waals surface area contributed by atoms with Gasteiger partial charge in [0.2, 0.25) is 0 Å². The molecule has 0 aliphatic heterocycles. The van der Waals surface area contributed by atoms with Crippen molar-refractivity contribution in [3.8, 4) is 0 Å². The smallest absolute Gasteiger partial charge is 0.319 e. The Morgan fingerprint density at radius 3 is 2.43 bits per heavy atom. The van der Waals surface area contributed by atoms with E-state index >= 15 is 0 Å². The number of nitrogens with one attached hydrogen (secondary N) is 3. The van der Waals surface area contributed by atoms with Crippen molar-refractivity contribution < 1.29 is 18.4 Å². The van der Waals surface area contributed by atoms with Crippen LogP contribution >= 0.6 is 11.3 Å². The van der Waals surface area contributed by atoms with Crippen molar-refractivity contribution in [3.05, 3.63) is 76.3 Å². The van der Waals surface area contributed by atoms with E-state index in [1.807, 2.05) is 13.8 Å². The summed E-state index contributed by atoms with van der Waals surface area (Å²) >= 11 is 1.25. The number of anilines is 2. The molecule has 156 valence electrons. The highest BCUT2D eigenvalue weighted by molar-refractivity contribution is 7.15. The fourth-order valence-electron chi connectivity index (χ4n) is 2.60. The fourth-order valence-corrected chi connectivity index (χ4v) is 3.44. The van der Waals surface area contributed by atoms with Crippen LogP contribution in [0, 0.1) is 11.6 Å². The second-order valence-electron chi connectivity index (χ2n) is 6.84. The number of aromatic nitrogens is 1. The van der Waals surface area contributed by atoms with Crippen molar-refractivity contribution in [2.45, 2.75) is 26.3 Å². The summed E-state index contributed by atoms with van der Waals surface area (Å²) in [7, 11) is 0. The number of halogens is 2. The largest absolute Gasteiger partial charge is 0.336 e. The number of amides is 3. The molecule has 3 rings (SSSR count). The Bertz CT molecular complexity index is 1050. The average molecular weight is 430 g/mol. The summed E-state index contributed by atoms with van der Waals surface area (Å²) in [6, 6.07) is 9.87. The molecule has 0 atom stereocenters. The van der Waals surface area contributed by atoms with Gasteiger partial charge in [-0.3, -0.25) is 10.1 Å². The molecule has 1 heterocycles. The van der Waals surface area contributed by atoms with Gasteiger partial charge in [0, 0.05) is 34.8 Å². The molecule has 0 radical (unpaired) electrons. The van der Waals surface area contributed by atoms with E-state index in [1.54, 1.807) is 30.5 Å². The highest BCUT2D eigenvalue weighted by Crippen LogP contribution is 2.23. The molecule has 2 aromatic carbocycles. The van der Waals surface area contributed by atoms with Crippen molar-refractivity contribution in [2.75, 3.05) is 10.6 Å². The Kier molecular flexibility index (Phi) is 6.73. The predicted octanol–water partition coefficient (Wildman–Crippen LogP) is 4.79. The summed E-state index contributed by atoms with van der Waals surface area (Å²) in [6.45, 7) is 3.71. The van der Waals surface area contributed by atoms with Crippen LogP contribution in [0.4, 0.5) is 24.4 Å². The standard InChI is InChI=1S/C21H20F2N4O2S/c1-12(2)25-20(29)26-15-6-4-14(5-7-15)19(28)27-21-24-11-16(30-21)9-13-3-8-17(22)18(23)10-13/h3-8,10-12H,9H2,1-2H3,(H,24,27,28)(H2,25,26,29). The molecule has 0 spiro atoms. The summed E-state index contributed by atoms with van der Waals surface area (Å²) < 4.78 is 26.4. The van der Waals surface area contributed by atoms with Gasteiger partial charge in [0.15, 0.2) is 16.8 Å². The number of hydrogen-bond donors (Lipinski definition) is 3.